The molecule has 0 bridgehead atoms. The number of carbonyl (C=O) groups excluding carboxylic acids is 1. The highest BCUT2D eigenvalue weighted by Gasteiger charge is 2.09. The Morgan fingerprint density at radius 2 is 1.30 bits per heavy atom. The Bertz CT molecular complexity index is 1050. The average Bonchev–Trinajstić information content (AvgIpc) is 2.94. The number of ether oxygens (including phenoxy) is 2. The van der Waals surface area contributed by atoms with E-state index in [1.807, 2.05) is 42.5 Å². The highest BCUT2D eigenvalue weighted by atomic mass is 16.5. The number of aryl methyl sites for hydroxylation is 1. The number of unbranched alkanes of at least 4 members (excludes halogenated alkanes) is 8. The van der Waals surface area contributed by atoms with Gasteiger partial charge in [-0.25, -0.2) is 4.79 Å². The second-order valence-corrected chi connectivity index (χ2v) is 9.64. The van der Waals surface area contributed by atoms with Crippen LogP contribution in [0.4, 0.5) is 0 Å². The van der Waals surface area contributed by atoms with Crippen molar-refractivity contribution in [3.05, 3.63) is 96.6 Å². The number of esters is 1. The molecule has 3 nitrogen and oxygen atoms in total. The van der Waals surface area contributed by atoms with Gasteiger partial charge in [0.25, 0.3) is 0 Å². The molecule has 196 valence electrons. The summed E-state index contributed by atoms with van der Waals surface area (Å²) in [6.45, 7) is 6.70. The predicted octanol–water partition coefficient (Wildman–Crippen LogP) is 9.60. The molecule has 0 spiro atoms. The van der Waals surface area contributed by atoms with Gasteiger partial charge in [-0.05, 0) is 85.2 Å². The van der Waals surface area contributed by atoms with Gasteiger partial charge in [-0.15, -0.1) is 6.58 Å². The molecule has 0 unspecified atom stereocenters. The molecular formula is C34H42O3. The van der Waals surface area contributed by atoms with E-state index in [1.54, 1.807) is 12.1 Å². The van der Waals surface area contributed by atoms with E-state index < -0.39 is 0 Å². The fourth-order valence-corrected chi connectivity index (χ4v) is 4.30. The summed E-state index contributed by atoms with van der Waals surface area (Å²) < 4.78 is 11.4. The highest BCUT2D eigenvalue weighted by Crippen LogP contribution is 2.23. The SMILES string of the molecule is C=CCCCCCCCOc1ccc(OC(=O)c2ccc(-c3ccc(CCCCCC)cc3)cc2)cc1. The van der Waals surface area contributed by atoms with Gasteiger partial charge in [0.1, 0.15) is 11.5 Å². The lowest BCUT2D eigenvalue weighted by Crippen LogP contribution is -2.08. The van der Waals surface area contributed by atoms with Gasteiger partial charge >= 0.3 is 5.97 Å². The standard InChI is InChI=1S/C34H42O3/c1-3-5-7-9-10-11-13-27-36-32-23-25-33(26-24-32)37-34(35)31-21-19-30(20-22-31)29-17-15-28(16-18-29)14-12-8-6-4-2/h3,15-26H,1,4-14,27H2,2H3. The Hall–Kier alpha value is -3.33. The van der Waals surface area contributed by atoms with Crippen LogP contribution in [0, 0.1) is 0 Å². The van der Waals surface area contributed by atoms with Crippen LogP contribution in [0.5, 0.6) is 11.5 Å². The van der Waals surface area contributed by atoms with Crippen molar-refractivity contribution in [2.45, 2.75) is 77.6 Å². The summed E-state index contributed by atoms with van der Waals surface area (Å²) in [7, 11) is 0. The van der Waals surface area contributed by atoms with Gasteiger partial charge in [-0.2, -0.15) is 0 Å². The zero-order valence-electron chi connectivity index (χ0n) is 22.4. The van der Waals surface area contributed by atoms with Crippen LogP contribution in [0.1, 0.15) is 87.1 Å². The first-order chi connectivity index (χ1) is 18.2. The van der Waals surface area contributed by atoms with Crippen LogP contribution in [0.15, 0.2) is 85.5 Å². The number of hydrogen-bond acceptors (Lipinski definition) is 3. The molecule has 0 atom stereocenters. The molecule has 3 heteroatoms. The summed E-state index contributed by atoms with van der Waals surface area (Å²) >= 11 is 0. The summed E-state index contributed by atoms with van der Waals surface area (Å²) in [5, 5.41) is 0. The third-order valence-electron chi connectivity index (χ3n) is 6.58. The molecule has 0 N–H and O–H groups in total. The van der Waals surface area contributed by atoms with E-state index >= 15 is 0 Å². The molecule has 0 saturated heterocycles. The Balaban J connectivity index is 1.41. The van der Waals surface area contributed by atoms with Crippen molar-refractivity contribution < 1.29 is 14.3 Å². The smallest absolute Gasteiger partial charge is 0.343 e. The summed E-state index contributed by atoms with van der Waals surface area (Å²) in [6.07, 6.45) is 15.3. The lowest BCUT2D eigenvalue weighted by molar-refractivity contribution is 0.0734. The van der Waals surface area contributed by atoms with Crippen molar-refractivity contribution in [3.63, 3.8) is 0 Å². The maximum Gasteiger partial charge on any atom is 0.343 e. The van der Waals surface area contributed by atoms with Gasteiger partial charge in [-0.3, -0.25) is 0 Å². The summed E-state index contributed by atoms with van der Waals surface area (Å²) in [5.41, 5.74) is 4.16. The van der Waals surface area contributed by atoms with E-state index in [0.29, 0.717) is 17.9 Å². The average molecular weight is 499 g/mol. The van der Waals surface area contributed by atoms with Crippen molar-refractivity contribution >= 4 is 5.97 Å². The largest absolute Gasteiger partial charge is 0.494 e. The van der Waals surface area contributed by atoms with Crippen LogP contribution >= 0.6 is 0 Å². The van der Waals surface area contributed by atoms with E-state index in [-0.39, 0.29) is 5.97 Å². The van der Waals surface area contributed by atoms with Crippen LogP contribution < -0.4 is 9.47 Å². The third-order valence-corrected chi connectivity index (χ3v) is 6.58. The van der Waals surface area contributed by atoms with Crippen molar-refractivity contribution in [1.82, 2.24) is 0 Å². The van der Waals surface area contributed by atoms with Crippen LogP contribution in [0.2, 0.25) is 0 Å². The minimum atomic E-state index is -0.362. The molecule has 3 aromatic rings. The lowest BCUT2D eigenvalue weighted by atomic mass is 10.0. The monoisotopic (exact) mass is 498 g/mol. The zero-order chi connectivity index (χ0) is 26.1. The van der Waals surface area contributed by atoms with Gasteiger partial charge in [-0.1, -0.05) is 87.9 Å². The molecule has 0 heterocycles. The predicted molar refractivity (Wildman–Crippen MR) is 155 cm³/mol. The minimum absolute atomic E-state index is 0.362. The molecule has 0 aliphatic heterocycles. The molecule has 3 rings (SSSR count). The van der Waals surface area contributed by atoms with Crippen LogP contribution in [-0.2, 0) is 6.42 Å². The molecule has 0 aliphatic rings. The molecule has 0 aromatic heterocycles. The lowest BCUT2D eigenvalue weighted by Gasteiger charge is -2.09. The molecule has 0 amide bonds. The van der Waals surface area contributed by atoms with Gasteiger partial charge in [0, 0.05) is 0 Å². The molecule has 0 aliphatic carbocycles. The maximum absolute atomic E-state index is 12.6. The molecular weight excluding hydrogens is 456 g/mol. The second-order valence-electron chi connectivity index (χ2n) is 9.64. The summed E-state index contributed by atoms with van der Waals surface area (Å²) in [6, 6.07) is 23.6. The first-order valence-corrected chi connectivity index (χ1v) is 13.9. The van der Waals surface area contributed by atoms with E-state index in [4.69, 9.17) is 9.47 Å². The van der Waals surface area contributed by atoms with E-state index in [0.717, 1.165) is 36.1 Å². The maximum atomic E-state index is 12.6. The number of benzene rings is 3. The first-order valence-electron chi connectivity index (χ1n) is 13.9. The van der Waals surface area contributed by atoms with E-state index in [9.17, 15) is 4.79 Å². The van der Waals surface area contributed by atoms with Gasteiger partial charge in [0.05, 0.1) is 12.2 Å². The Morgan fingerprint density at radius 3 is 1.97 bits per heavy atom. The zero-order valence-corrected chi connectivity index (χ0v) is 22.4. The fraction of sp³-hybridized carbons (Fsp3) is 0.382. The van der Waals surface area contributed by atoms with Gasteiger partial charge in [0.2, 0.25) is 0 Å². The highest BCUT2D eigenvalue weighted by molar-refractivity contribution is 5.91. The van der Waals surface area contributed by atoms with Crippen molar-refractivity contribution in [2.24, 2.45) is 0 Å². The number of rotatable bonds is 17. The quantitative estimate of drug-likeness (QED) is 0.0804. The van der Waals surface area contributed by atoms with Crippen LogP contribution in [0.3, 0.4) is 0 Å². The molecule has 37 heavy (non-hydrogen) atoms. The van der Waals surface area contributed by atoms with Crippen LogP contribution in [0.25, 0.3) is 11.1 Å². The van der Waals surface area contributed by atoms with Crippen molar-refractivity contribution in [2.75, 3.05) is 6.61 Å². The van der Waals surface area contributed by atoms with E-state index in [1.165, 1.54) is 56.9 Å². The van der Waals surface area contributed by atoms with Crippen molar-refractivity contribution in [3.8, 4) is 22.6 Å². The number of allylic oxidation sites excluding steroid dienone is 1. The first kappa shape index (κ1) is 28.2. The van der Waals surface area contributed by atoms with Gasteiger partial charge < -0.3 is 9.47 Å². The number of carbonyl (C=O) groups is 1. The fourth-order valence-electron chi connectivity index (χ4n) is 4.30. The topological polar surface area (TPSA) is 35.5 Å². The molecule has 3 aromatic carbocycles. The Kier molecular flexibility index (Phi) is 12.5. The molecule has 0 radical (unpaired) electrons. The summed E-state index contributed by atoms with van der Waals surface area (Å²) in [4.78, 5) is 12.6. The second kappa shape index (κ2) is 16.4. The van der Waals surface area contributed by atoms with Gasteiger partial charge in [0.15, 0.2) is 0 Å². The molecule has 0 saturated carbocycles. The Morgan fingerprint density at radius 1 is 0.703 bits per heavy atom. The third kappa shape index (κ3) is 10.3. The van der Waals surface area contributed by atoms with Crippen molar-refractivity contribution in [1.29, 1.82) is 0 Å². The normalized spacial score (nSPS) is 10.7. The molecule has 0 fully saturated rings. The van der Waals surface area contributed by atoms with E-state index in [2.05, 4.69) is 37.8 Å². The minimum Gasteiger partial charge on any atom is -0.494 e. The van der Waals surface area contributed by atoms with Crippen LogP contribution in [-0.4, -0.2) is 12.6 Å². The number of hydrogen-bond donors (Lipinski definition) is 0. The Labute approximate surface area is 223 Å². The summed E-state index contributed by atoms with van der Waals surface area (Å²) in [5.74, 6) is 0.944.